The second-order valence-electron chi connectivity index (χ2n) is 7.04. The van der Waals surface area contributed by atoms with Gasteiger partial charge in [0.2, 0.25) is 0 Å². The van der Waals surface area contributed by atoms with E-state index >= 15 is 0 Å². The van der Waals surface area contributed by atoms with Crippen molar-refractivity contribution in [1.29, 1.82) is 0 Å². The molecule has 0 unspecified atom stereocenters. The topological polar surface area (TPSA) is 6.48 Å². The van der Waals surface area contributed by atoms with E-state index in [4.69, 9.17) is 0 Å². The number of hydrogen-bond acceptors (Lipinski definition) is 2. The molecule has 1 rings (SSSR count). The largest absolute Gasteiger partial charge is 0.302 e. The molecule has 1 saturated heterocycles. The molecule has 0 radical (unpaired) electrons. The predicted molar refractivity (Wildman–Crippen MR) is 71.9 cm³/mol. The van der Waals surface area contributed by atoms with Gasteiger partial charge in [0.1, 0.15) is 0 Å². The van der Waals surface area contributed by atoms with E-state index < -0.39 is 0 Å². The fraction of sp³-hybridized carbons (Fsp3) is 1.00. The van der Waals surface area contributed by atoms with Crippen molar-refractivity contribution in [3.8, 4) is 0 Å². The van der Waals surface area contributed by atoms with E-state index in [1.165, 1.54) is 39.0 Å². The summed E-state index contributed by atoms with van der Waals surface area (Å²) < 4.78 is 0. The summed E-state index contributed by atoms with van der Waals surface area (Å²) in [7, 11) is 0. The van der Waals surface area contributed by atoms with Crippen LogP contribution in [-0.2, 0) is 0 Å². The summed E-state index contributed by atoms with van der Waals surface area (Å²) in [5.74, 6) is 0. The van der Waals surface area contributed by atoms with Gasteiger partial charge >= 0.3 is 0 Å². The van der Waals surface area contributed by atoms with Crippen molar-refractivity contribution in [2.75, 3.05) is 26.2 Å². The highest BCUT2D eigenvalue weighted by atomic mass is 15.3. The molecule has 0 spiro atoms. The van der Waals surface area contributed by atoms with Crippen LogP contribution in [-0.4, -0.2) is 47.1 Å². The van der Waals surface area contributed by atoms with Crippen LogP contribution in [0.2, 0.25) is 0 Å². The first-order valence-electron chi connectivity index (χ1n) is 6.71. The average molecular weight is 226 g/mol. The molecule has 0 aromatic heterocycles. The molecule has 0 bridgehead atoms. The zero-order valence-corrected chi connectivity index (χ0v) is 12.1. The second-order valence-corrected chi connectivity index (χ2v) is 7.04. The third-order valence-corrected chi connectivity index (χ3v) is 3.46. The summed E-state index contributed by atoms with van der Waals surface area (Å²) in [6, 6.07) is 0. The minimum absolute atomic E-state index is 0.262. The highest BCUT2D eigenvalue weighted by Gasteiger charge is 2.31. The van der Waals surface area contributed by atoms with Crippen LogP contribution in [0.3, 0.4) is 0 Å². The Morgan fingerprint density at radius 1 is 0.875 bits per heavy atom. The zero-order valence-electron chi connectivity index (χ0n) is 12.1. The van der Waals surface area contributed by atoms with E-state index in [0.29, 0.717) is 0 Å². The van der Waals surface area contributed by atoms with Crippen molar-refractivity contribution >= 4 is 0 Å². The van der Waals surface area contributed by atoms with E-state index in [1.54, 1.807) is 0 Å². The molecule has 0 aromatic carbocycles. The molecule has 0 amide bonds. The molecule has 0 aliphatic carbocycles. The van der Waals surface area contributed by atoms with Crippen molar-refractivity contribution in [3.05, 3.63) is 0 Å². The average Bonchev–Trinajstić information content (AvgIpc) is 2.51. The molecule has 1 heterocycles. The van der Waals surface area contributed by atoms with Gasteiger partial charge in [-0.05, 0) is 67.5 Å². The van der Waals surface area contributed by atoms with Gasteiger partial charge in [-0.15, -0.1) is 0 Å². The molecule has 0 aromatic rings. The Labute approximate surface area is 102 Å². The molecule has 2 heteroatoms. The summed E-state index contributed by atoms with van der Waals surface area (Å²) in [5.41, 5.74) is 0.524. The first-order valence-corrected chi connectivity index (χ1v) is 6.71. The molecule has 1 aliphatic heterocycles. The molecule has 0 N–H and O–H groups in total. The summed E-state index contributed by atoms with van der Waals surface area (Å²) in [6.07, 6.45) is 2.79. The van der Waals surface area contributed by atoms with E-state index in [0.717, 1.165) is 0 Å². The Morgan fingerprint density at radius 2 is 1.31 bits per heavy atom. The molecule has 2 nitrogen and oxygen atoms in total. The fourth-order valence-corrected chi connectivity index (χ4v) is 2.92. The maximum absolute atomic E-state index is 2.62. The van der Waals surface area contributed by atoms with Crippen LogP contribution >= 0.6 is 0 Å². The lowest BCUT2D eigenvalue weighted by Crippen LogP contribution is -2.54. The van der Waals surface area contributed by atoms with Crippen LogP contribution in [0.15, 0.2) is 0 Å². The summed E-state index contributed by atoms with van der Waals surface area (Å²) >= 11 is 0. The lowest BCUT2D eigenvalue weighted by atomic mass is 9.96. The van der Waals surface area contributed by atoms with Crippen molar-refractivity contribution in [3.63, 3.8) is 0 Å². The Morgan fingerprint density at radius 3 is 1.69 bits per heavy atom. The van der Waals surface area contributed by atoms with Crippen molar-refractivity contribution in [1.82, 2.24) is 9.80 Å². The number of hydrogen-bond donors (Lipinski definition) is 0. The minimum atomic E-state index is 0.262. The number of rotatable bonds is 3. The third kappa shape index (κ3) is 4.06. The zero-order chi connectivity index (χ0) is 12.4. The Bertz CT molecular complexity index is 190. The van der Waals surface area contributed by atoms with Crippen molar-refractivity contribution in [2.45, 2.75) is 65.5 Å². The third-order valence-electron chi connectivity index (χ3n) is 3.46. The lowest BCUT2D eigenvalue weighted by molar-refractivity contribution is 0.0306. The summed E-state index contributed by atoms with van der Waals surface area (Å²) in [6.45, 7) is 19.0. The maximum Gasteiger partial charge on any atom is 0.0130 e. The predicted octanol–water partition coefficient (Wildman–Crippen LogP) is 2.98. The van der Waals surface area contributed by atoms with Crippen LogP contribution in [0.1, 0.15) is 54.4 Å². The molecule has 0 atom stereocenters. The summed E-state index contributed by atoms with van der Waals surface area (Å²) in [4.78, 5) is 5.22. The molecule has 16 heavy (non-hydrogen) atoms. The molecule has 1 aliphatic rings. The fourth-order valence-electron chi connectivity index (χ4n) is 2.92. The van der Waals surface area contributed by atoms with Gasteiger partial charge in [0.05, 0.1) is 0 Å². The minimum Gasteiger partial charge on any atom is -0.302 e. The Kier molecular flexibility index (Phi) is 4.42. The van der Waals surface area contributed by atoms with Gasteiger partial charge in [-0.1, -0.05) is 0 Å². The van der Waals surface area contributed by atoms with Gasteiger partial charge in [-0.2, -0.15) is 0 Å². The Hall–Kier alpha value is -0.0800. The van der Waals surface area contributed by atoms with Gasteiger partial charge in [0, 0.05) is 24.2 Å². The second kappa shape index (κ2) is 5.05. The van der Waals surface area contributed by atoms with E-state index in [-0.39, 0.29) is 11.1 Å². The standard InChI is InChI=1S/C14H30N2/c1-13(2,3)16(14(4,5)6)12-11-15-9-7-8-10-15/h7-12H2,1-6H3. The van der Waals surface area contributed by atoms with Crippen LogP contribution in [0.25, 0.3) is 0 Å². The van der Waals surface area contributed by atoms with Gasteiger partial charge in [-0.3, -0.25) is 4.90 Å². The normalized spacial score (nSPS) is 19.7. The van der Waals surface area contributed by atoms with Gasteiger partial charge in [-0.25, -0.2) is 0 Å². The van der Waals surface area contributed by atoms with E-state index in [9.17, 15) is 0 Å². The van der Waals surface area contributed by atoms with Gasteiger partial charge in [0.25, 0.3) is 0 Å². The number of likely N-dealkylation sites (tertiary alicyclic amines) is 1. The molecule has 1 fully saturated rings. The Balaban J connectivity index is 2.51. The van der Waals surface area contributed by atoms with Crippen LogP contribution in [0, 0.1) is 0 Å². The first kappa shape index (κ1) is 14.0. The SMILES string of the molecule is CC(C)(C)N(CCN1CCCC1)C(C)(C)C. The first-order chi connectivity index (χ1) is 7.21. The van der Waals surface area contributed by atoms with Crippen molar-refractivity contribution < 1.29 is 0 Å². The highest BCUT2D eigenvalue weighted by molar-refractivity contribution is 4.87. The molecular weight excluding hydrogens is 196 g/mol. The van der Waals surface area contributed by atoms with Gasteiger partial charge in [0.15, 0.2) is 0 Å². The molecule has 0 saturated carbocycles. The molecule has 96 valence electrons. The van der Waals surface area contributed by atoms with Crippen LogP contribution < -0.4 is 0 Å². The van der Waals surface area contributed by atoms with Crippen LogP contribution in [0.4, 0.5) is 0 Å². The lowest BCUT2D eigenvalue weighted by Gasteiger charge is -2.46. The smallest absolute Gasteiger partial charge is 0.0130 e. The van der Waals surface area contributed by atoms with Gasteiger partial charge < -0.3 is 4.90 Å². The van der Waals surface area contributed by atoms with E-state index in [1.807, 2.05) is 0 Å². The van der Waals surface area contributed by atoms with Crippen molar-refractivity contribution in [2.24, 2.45) is 0 Å². The monoisotopic (exact) mass is 226 g/mol. The quantitative estimate of drug-likeness (QED) is 0.730. The highest BCUT2D eigenvalue weighted by Crippen LogP contribution is 2.24. The molecular formula is C14H30N2. The van der Waals surface area contributed by atoms with Crippen LogP contribution in [0.5, 0.6) is 0 Å². The maximum atomic E-state index is 2.62. The number of nitrogens with zero attached hydrogens (tertiary/aromatic N) is 2. The summed E-state index contributed by atoms with van der Waals surface area (Å²) in [5, 5.41) is 0. The van der Waals surface area contributed by atoms with E-state index in [2.05, 4.69) is 51.3 Å².